The molecule has 0 heterocycles. The van der Waals surface area contributed by atoms with Gasteiger partial charge in [0.2, 0.25) is 0 Å². The van der Waals surface area contributed by atoms with Gasteiger partial charge < -0.3 is 14.6 Å². The van der Waals surface area contributed by atoms with Crippen molar-refractivity contribution in [2.24, 2.45) is 0 Å². The Bertz CT molecular complexity index is 525. The van der Waals surface area contributed by atoms with E-state index in [9.17, 15) is 14.0 Å². The fourth-order valence-electron chi connectivity index (χ4n) is 1.41. The monoisotopic (exact) mass is 296 g/mol. The van der Waals surface area contributed by atoms with E-state index < -0.39 is 17.8 Å². The molecule has 0 spiro atoms. The minimum atomic E-state index is -1.12. The molecule has 0 aromatic heterocycles. The third-order valence-electron chi connectivity index (χ3n) is 2.48. The fourth-order valence-corrected chi connectivity index (χ4v) is 1.41. The van der Waals surface area contributed by atoms with Crippen LogP contribution in [-0.4, -0.2) is 30.3 Å². The number of esters is 1. The molecule has 0 aliphatic rings. The number of carboxylic acids is 1. The van der Waals surface area contributed by atoms with Gasteiger partial charge in [0.15, 0.2) is 18.2 Å². The van der Waals surface area contributed by atoms with Crippen molar-refractivity contribution in [1.82, 2.24) is 0 Å². The van der Waals surface area contributed by atoms with Crippen LogP contribution in [0.1, 0.15) is 25.3 Å². The predicted octanol–water partition coefficient (Wildman–Crippen LogP) is 2.65. The molecule has 0 unspecified atom stereocenters. The van der Waals surface area contributed by atoms with Gasteiger partial charge in [-0.3, -0.25) is 0 Å². The number of carboxylic acid groups (broad SMARTS) is 1. The summed E-state index contributed by atoms with van der Waals surface area (Å²) in [6.45, 7) is 1.92. The lowest BCUT2D eigenvalue weighted by atomic mass is 10.2. The highest BCUT2D eigenvalue weighted by molar-refractivity contribution is 5.85. The lowest BCUT2D eigenvalue weighted by Crippen LogP contribution is -2.15. The van der Waals surface area contributed by atoms with Crippen LogP contribution < -0.4 is 4.74 Å². The number of unbranched alkanes of at least 4 members (excludes halogenated alkanes) is 1. The molecule has 0 radical (unpaired) electrons. The van der Waals surface area contributed by atoms with Crippen molar-refractivity contribution in [2.75, 3.05) is 13.2 Å². The minimum absolute atomic E-state index is 0.0880. The van der Waals surface area contributed by atoms with E-state index in [0.29, 0.717) is 12.2 Å². The van der Waals surface area contributed by atoms with Gasteiger partial charge in [-0.05, 0) is 30.2 Å². The van der Waals surface area contributed by atoms with E-state index in [2.05, 4.69) is 0 Å². The standard InChI is InChI=1S/C15H17FO5/c1-2-3-8-20-15(19)10-21-13-6-4-11(9-12(13)16)5-7-14(17)18/h4-7,9H,2-3,8,10H2,1H3,(H,17,18)/b7-5+. The number of benzene rings is 1. The SMILES string of the molecule is CCCCOC(=O)COc1ccc(/C=C/C(=O)O)cc1F. The molecule has 6 heteroatoms. The summed E-state index contributed by atoms with van der Waals surface area (Å²) >= 11 is 0. The van der Waals surface area contributed by atoms with Crippen LogP contribution in [0.15, 0.2) is 24.3 Å². The lowest BCUT2D eigenvalue weighted by Gasteiger charge is -2.08. The Labute approximate surface area is 122 Å². The Hall–Kier alpha value is -2.37. The van der Waals surface area contributed by atoms with Gasteiger partial charge in [0, 0.05) is 6.08 Å². The van der Waals surface area contributed by atoms with Crippen molar-refractivity contribution in [3.05, 3.63) is 35.7 Å². The van der Waals surface area contributed by atoms with Crippen molar-refractivity contribution in [3.63, 3.8) is 0 Å². The summed E-state index contributed by atoms with van der Waals surface area (Å²) < 4.78 is 23.6. The van der Waals surface area contributed by atoms with Crippen LogP contribution in [0.25, 0.3) is 6.08 Å². The van der Waals surface area contributed by atoms with Crippen LogP contribution in [0.4, 0.5) is 4.39 Å². The number of ether oxygens (including phenoxy) is 2. The summed E-state index contributed by atoms with van der Waals surface area (Å²) in [4.78, 5) is 21.7. The molecule has 1 aromatic carbocycles. The summed E-state index contributed by atoms with van der Waals surface area (Å²) in [7, 11) is 0. The molecule has 5 nitrogen and oxygen atoms in total. The van der Waals surface area contributed by atoms with Crippen LogP contribution in [0.2, 0.25) is 0 Å². The molecule has 0 fully saturated rings. The molecule has 114 valence electrons. The molecule has 1 aromatic rings. The van der Waals surface area contributed by atoms with Crippen molar-refractivity contribution in [3.8, 4) is 5.75 Å². The zero-order chi connectivity index (χ0) is 15.7. The van der Waals surface area contributed by atoms with Gasteiger partial charge in [0.25, 0.3) is 0 Å². The van der Waals surface area contributed by atoms with E-state index in [1.165, 1.54) is 18.2 Å². The first-order valence-electron chi connectivity index (χ1n) is 6.52. The molecular formula is C15H17FO5. The average Bonchev–Trinajstić information content (AvgIpc) is 2.44. The maximum absolute atomic E-state index is 13.7. The second-order valence-electron chi connectivity index (χ2n) is 4.22. The van der Waals surface area contributed by atoms with Gasteiger partial charge in [0.05, 0.1) is 6.61 Å². The quantitative estimate of drug-likeness (QED) is 0.453. The number of carbonyl (C=O) groups excluding carboxylic acids is 1. The van der Waals surface area contributed by atoms with Crippen molar-refractivity contribution < 1.29 is 28.6 Å². The summed E-state index contributed by atoms with van der Waals surface area (Å²) in [5.74, 6) is -2.44. The number of hydrogen-bond acceptors (Lipinski definition) is 4. The summed E-state index contributed by atoms with van der Waals surface area (Å²) in [5.41, 5.74) is 0.382. The molecule has 0 saturated carbocycles. The minimum Gasteiger partial charge on any atom is -0.479 e. The molecular weight excluding hydrogens is 279 g/mol. The van der Waals surface area contributed by atoms with Gasteiger partial charge in [-0.15, -0.1) is 0 Å². The summed E-state index contributed by atoms with van der Waals surface area (Å²) in [6.07, 6.45) is 3.84. The molecule has 21 heavy (non-hydrogen) atoms. The summed E-state index contributed by atoms with van der Waals surface area (Å²) in [6, 6.07) is 3.94. The maximum Gasteiger partial charge on any atom is 0.344 e. The first-order valence-corrected chi connectivity index (χ1v) is 6.52. The Balaban J connectivity index is 2.53. The Kier molecular flexibility index (Phi) is 6.94. The topological polar surface area (TPSA) is 72.8 Å². The van der Waals surface area contributed by atoms with Crippen molar-refractivity contribution >= 4 is 18.0 Å². The van der Waals surface area contributed by atoms with E-state index in [4.69, 9.17) is 14.6 Å². The molecule has 0 saturated heterocycles. The van der Waals surface area contributed by atoms with Gasteiger partial charge in [0.1, 0.15) is 0 Å². The Morgan fingerprint density at radius 1 is 1.38 bits per heavy atom. The van der Waals surface area contributed by atoms with E-state index in [1.807, 2.05) is 6.92 Å². The molecule has 0 atom stereocenters. The second kappa shape index (κ2) is 8.73. The van der Waals surface area contributed by atoms with Gasteiger partial charge >= 0.3 is 11.9 Å². The molecule has 0 bridgehead atoms. The molecule has 1 N–H and O–H groups in total. The number of rotatable bonds is 8. The molecule has 0 amide bonds. The van der Waals surface area contributed by atoms with Crippen LogP contribution in [0.5, 0.6) is 5.75 Å². The molecule has 0 aliphatic carbocycles. The van der Waals surface area contributed by atoms with Crippen LogP contribution in [0.3, 0.4) is 0 Å². The normalized spacial score (nSPS) is 10.6. The number of aliphatic carboxylic acids is 1. The highest BCUT2D eigenvalue weighted by Gasteiger charge is 2.08. The Morgan fingerprint density at radius 2 is 2.14 bits per heavy atom. The lowest BCUT2D eigenvalue weighted by molar-refractivity contribution is -0.146. The first-order chi connectivity index (χ1) is 10.0. The smallest absolute Gasteiger partial charge is 0.344 e. The first kappa shape index (κ1) is 16.7. The maximum atomic E-state index is 13.7. The fraction of sp³-hybridized carbons (Fsp3) is 0.333. The van der Waals surface area contributed by atoms with Gasteiger partial charge in [-0.1, -0.05) is 19.4 Å². The zero-order valence-corrected chi connectivity index (χ0v) is 11.7. The van der Waals surface area contributed by atoms with Crippen LogP contribution in [0, 0.1) is 5.82 Å². The van der Waals surface area contributed by atoms with Gasteiger partial charge in [-0.2, -0.15) is 0 Å². The zero-order valence-electron chi connectivity index (χ0n) is 11.7. The summed E-state index contributed by atoms with van der Waals surface area (Å²) in [5, 5.41) is 8.48. The number of hydrogen-bond donors (Lipinski definition) is 1. The van der Waals surface area contributed by atoms with Crippen LogP contribution >= 0.6 is 0 Å². The molecule has 1 rings (SSSR count). The highest BCUT2D eigenvalue weighted by atomic mass is 19.1. The third kappa shape index (κ3) is 6.56. The largest absolute Gasteiger partial charge is 0.479 e. The van der Waals surface area contributed by atoms with Crippen molar-refractivity contribution in [2.45, 2.75) is 19.8 Å². The van der Waals surface area contributed by atoms with Crippen LogP contribution in [-0.2, 0) is 14.3 Å². The van der Waals surface area contributed by atoms with E-state index in [0.717, 1.165) is 25.0 Å². The second-order valence-corrected chi connectivity index (χ2v) is 4.22. The number of carbonyl (C=O) groups is 2. The number of halogens is 1. The molecule has 0 aliphatic heterocycles. The highest BCUT2D eigenvalue weighted by Crippen LogP contribution is 2.19. The third-order valence-corrected chi connectivity index (χ3v) is 2.48. The van der Waals surface area contributed by atoms with E-state index in [1.54, 1.807) is 0 Å². The van der Waals surface area contributed by atoms with E-state index in [-0.39, 0.29) is 12.4 Å². The van der Waals surface area contributed by atoms with Gasteiger partial charge in [-0.25, -0.2) is 14.0 Å². The predicted molar refractivity (Wildman–Crippen MR) is 74.4 cm³/mol. The average molecular weight is 296 g/mol. The van der Waals surface area contributed by atoms with E-state index >= 15 is 0 Å². The van der Waals surface area contributed by atoms with Crippen molar-refractivity contribution in [1.29, 1.82) is 0 Å². The Morgan fingerprint density at radius 3 is 2.76 bits per heavy atom.